The average Bonchev–Trinajstić information content (AvgIpc) is 2.37. The van der Waals surface area contributed by atoms with Gasteiger partial charge in [-0.1, -0.05) is 30.3 Å². The Bertz CT molecular complexity index is 567. The van der Waals surface area contributed by atoms with E-state index in [0.717, 1.165) is 5.56 Å². The lowest BCUT2D eigenvalue weighted by Gasteiger charge is -2.08. The molecule has 98 valence electrons. The lowest BCUT2D eigenvalue weighted by Crippen LogP contribution is -2.11. The fraction of sp³-hybridized carbons (Fsp3) is 0.133. The van der Waals surface area contributed by atoms with Gasteiger partial charge < -0.3 is 14.9 Å². The van der Waals surface area contributed by atoms with Crippen molar-refractivity contribution in [3.05, 3.63) is 53.6 Å². The average molecular weight is 258 g/mol. The maximum atomic E-state index is 11.7. The van der Waals surface area contributed by atoms with E-state index in [0.29, 0.717) is 5.56 Å². The van der Waals surface area contributed by atoms with Crippen molar-refractivity contribution < 1.29 is 19.7 Å². The number of hydrogen-bond acceptors (Lipinski definition) is 4. The standard InChI is InChI=1S/C15H14O4/c1-10-13(16)8-12(9-14(10)17)19-15(18)7-11-5-3-2-4-6-11/h2-6,8-9,16-17H,7H2,1H3. The molecule has 0 unspecified atom stereocenters. The molecule has 2 aromatic carbocycles. The van der Waals surface area contributed by atoms with Crippen LogP contribution in [-0.4, -0.2) is 16.2 Å². The summed E-state index contributed by atoms with van der Waals surface area (Å²) < 4.78 is 5.08. The van der Waals surface area contributed by atoms with Crippen LogP contribution in [0.4, 0.5) is 0 Å². The second kappa shape index (κ2) is 5.44. The molecular formula is C15H14O4. The van der Waals surface area contributed by atoms with Gasteiger partial charge in [-0.3, -0.25) is 4.79 Å². The number of phenols is 2. The van der Waals surface area contributed by atoms with Crippen molar-refractivity contribution in [2.45, 2.75) is 13.3 Å². The Kier molecular flexibility index (Phi) is 3.71. The van der Waals surface area contributed by atoms with E-state index >= 15 is 0 Å². The Morgan fingerprint density at radius 2 is 1.68 bits per heavy atom. The topological polar surface area (TPSA) is 66.8 Å². The maximum Gasteiger partial charge on any atom is 0.315 e. The SMILES string of the molecule is Cc1c(O)cc(OC(=O)Cc2ccccc2)cc1O. The molecule has 0 aliphatic heterocycles. The molecular weight excluding hydrogens is 244 g/mol. The molecule has 19 heavy (non-hydrogen) atoms. The molecule has 4 nitrogen and oxygen atoms in total. The molecule has 0 aliphatic rings. The van der Waals surface area contributed by atoms with Gasteiger partial charge in [-0.05, 0) is 12.5 Å². The molecule has 2 N–H and O–H groups in total. The van der Waals surface area contributed by atoms with Crippen molar-refractivity contribution >= 4 is 5.97 Å². The molecule has 2 rings (SSSR count). The number of phenolic OH excluding ortho intramolecular Hbond substituents is 2. The maximum absolute atomic E-state index is 11.7. The van der Waals surface area contributed by atoms with Crippen molar-refractivity contribution in [1.29, 1.82) is 0 Å². The fourth-order valence-electron chi connectivity index (χ4n) is 1.65. The molecule has 0 aromatic heterocycles. The van der Waals surface area contributed by atoms with Gasteiger partial charge in [0.15, 0.2) is 0 Å². The van der Waals surface area contributed by atoms with E-state index in [4.69, 9.17) is 4.74 Å². The first-order valence-electron chi connectivity index (χ1n) is 5.83. The van der Waals surface area contributed by atoms with Gasteiger partial charge in [0.1, 0.15) is 17.2 Å². The highest BCUT2D eigenvalue weighted by Crippen LogP contribution is 2.31. The lowest BCUT2D eigenvalue weighted by molar-refractivity contribution is -0.133. The summed E-state index contributed by atoms with van der Waals surface area (Å²) in [5.74, 6) is -0.541. The Hall–Kier alpha value is -2.49. The number of hydrogen-bond donors (Lipinski definition) is 2. The van der Waals surface area contributed by atoms with Crippen LogP contribution in [0.2, 0.25) is 0 Å². The van der Waals surface area contributed by atoms with Gasteiger partial charge in [0, 0.05) is 17.7 Å². The number of esters is 1. The molecule has 0 radical (unpaired) electrons. The fourth-order valence-corrected chi connectivity index (χ4v) is 1.65. The normalized spacial score (nSPS) is 10.2. The number of aromatic hydroxyl groups is 2. The molecule has 0 heterocycles. The van der Waals surface area contributed by atoms with Crippen LogP contribution in [0, 0.1) is 6.92 Å². The van der Waals surface area contributed by atoms with Crippen LogP contribution in [0.25, 0.3) is 0 Å². The molecule has 0 aliphatic carbocycles. The smallest absolute Gasteiger partial charge is 0.315 e. The number of carbonyl (C=O) groups is 1. The van der Waals surface area contributed by atoms with Crippen LogP contribution in [0.15, 0.2) is 42.5 Å². The third-order valence-electron chi connectivity index (χ3n) is 2.75. The summed E-state index contributed by atoms with van der Waals surface area (Å²) in [7, 11) is 0. The number of benzene rings is 2. The minimum absolute atomic E-state index is 0.109. The first-order valence-corrected chi connectivity index (χ1v) is 5.83. The first kappa shape index (κ1) is 13.0. The van der Waals surface area contributed by atoms with Gasteiger partial charge in [-0.2, -0.15) is 0 Å². The number of carbonyl (C=O) groups excluding carboxylic acids is 1. The molecule has 0 fully saturated rings. The van der Waals surface area contributed by atoms with Gasteiger partial charge in [0.2, 0.25) is 0 Å². The first-order chi connectivity index (χ1) is 9.06. The minimum Gasteiger partial charge on any atom is -0.507 e. The Morgan fingerprint density at radius 1 is 1.11 bits per heavy atom. The van der Waals surface area contributed by atoms with E-state index in [1.54, 1.807) is 6.92 Å². The highest BCUT2D eigenvalue weighted by molar-refractivity contribution is 5.75. The van der Waals surface area contributed by atoms with Crippen LogP contribution in [0.5, 0.6) is 17.2 Å². The van der Waals surface area contributed by atoms with Gasteiger partial charge >= 0.3 is 5.97 Å². The van der Waals surface area contributed by atoms with Crippen molar-refractivity contribution in [1.82, 2.24) is 0 Å². The van der Waals surface area contributed by atoms with Crippen LogP contribution >= 0.6 is 0 Å². The number of ether oxygens (including phenoxy) is 1. The molecule has 4 heteroatoms. The van der Waals surface area contributed by atoms with Gasteiger partial charge in [0.05, 0.1) is 6.42 Å². The van der Waals surface area contributed by atoms with Crippen LogP contribution in [0.3, 0.4) is 0 Å². The van der Waals surface area contributed by atoms with Gasteiger partial charge in [-0.15, -0.1) is 0 Å². The highest BCUT2D eigenvalue weighted by Gasteiger charge is 2.10. The quantitative estimate of drug-likeness (QED) is 0.656. The predicted molar refractivity (Wildman–Crippen MR) is 70.3 cm³/mol. The van der Waals surface area contributed by atoms with Crippen molar-refractivity contribution in [3.8, 4) is 17.2 Å². The van der Waals surface area contributed by atoms with E-state index in [-0.39, 0.29) is 23.7 Å². The summed E-state index contributed by atoms with van der Waals surface area (Å²) in [6.07, 6.45) is 0.135. The second-order valence-corrected chi connectivity index (χ2v) is 4.22. The van der Waals surface area contributed by atoms with E-state index in [1.807, 2.05) is 30.3 Å². The van der Waals surface area contributed by atoms with E-state index in [9.17, 15) is 15.0 Å². The summed E-state index contributed by atoms with van der Waals surface area (Å²) in [6.45, 7) is 1.57. The van der Waals surface area contributed by atoms with Gasteiger partial charge in [0.25, 0.3) is 0 Å². The van der Waals surface area contributed by atoms with Crippen LogP contribution < -0.4 is 4.74 Å². The largest absolute Gasteiger partial charge is 0.507 e. The Morgan fingerprint density at radius 3 is 2.26 bits per heavy atom. The monoisotopic (exact) mass is 258 g/mol. The zero-order chi connectivity index (χ0) is 13.8. The van der Waals surface area contributed by atoms with E-state index < -0.39 is 5.97 Å². The number of rotatable bonds is 3. The summed E-state index contributed by atoms with van der Waals surface area (Å²) in [4.78, 5) is 11.7. The summed E-state index contributed by atoms with van der Waals surface area (Å²) in [5, 5.41) is 19.1. The van der Waals surface area contributed by atoms with Crippen LogP contribution in [0.1, 0.15) is 11.1 Å². The molecule has 2 aromatic rings. The summed E-state index contributed by atoms with van der Waals surface area (Å²) in [6, 6.07) is 11.8. The molecule has 0 atom stereocenters. The molecule has 0 saturated carbocycles. The Labute approximate surface area is 110 Å². The highest BCUT2D eigenvalue weighted by atomic mass is 16.5. The Balaban J connectivity index is 2.07. The molecule has 0 amide bonds. The van der Waals surface area contributed by atoms with Crippen LogP contribution in [-0.2, 0) is 11.2 Å². The molecule has 0 bridgehead atoms. The summed E-state index contributed by atoms with van der Waals surface area (Å²) >= 11 is 0. The van der Waals surface area contributed by atoms with E-state index in [2.05, 4.69) is 0 Å². The predicted octanol–water partition coefficient (Wildman–Crippen LogP) is 2.55. The van der Waals surface area contributed by atoms with Crippen molar-refractivity contribution in [3.63, 3.8) is 0 Å². The third kappa shape index (κ3) is 3.25. The molecule has 0 saturated heterocycles. The zero-order valence-electron chi connectivity index (χ0n) is 10.5. The van der Waals surface area contributed by atoms with Gasteiger partial charge in [-0.25, -0.2) is 0 Å². The van der Waals surface area contributed by atoms with E-state index in [1.165, 1.54) is 12.1 Å². The van der Waals surface area contributed by atoms with Crippen molar-refractivity contribution in [2.75, 3.05) is 0 Å². The minimum atomic E-state index is -0.450. The second-order valence-electron chi connectivity index (χ2n) is 4.22. The zero-order valence-corrected chi connectivity index (χ0v) is 10.5. The molecule has 0 spiro atoms. The lowest BCUT2D eigenvalue weighted by atomic mass is 10.1. The third-order valence-corrected chi connectivity index (χ3v) is 2.75. The summed E-state index contributed by atoms with van der Waals surface area (Å²) in [5.41, 5.74) is 1.19. The van der Waals surface area contributed by atoms with Crippen molar-refractivity contribution in [2.24, 2.45) is 0 Å².